The Bertz CT molecular complexity index is 783. The highest BCUT2D eigenvalue weighted by molar-refractivity contribution is 5.53. The number of likely N-dealkylation sites (tertiary alicyclic amines) is 1. The quantitative estimate of drug-likeness (QED) is 0.802. The van der Waals surface area contributed by atoms with Crippen LogP contribution >= 0.6 is 0 Å². The van der Waals surface area contributed by atoms with Crippen molar-refractivity contribution >= 4 is 0 Å². The summed E-state index contributed by atoms with van der Waals surface area (Å²) in [5, 5.41) is 11.8. The molecule has 0 spiro atoms. The van der Waals surface area contributed by atoms with Gasteiger partial charge in [0.15, 0.2) is 5.82 Å². The number of hydrogen-bond donors (Lipinski definition) is 1. The average Bonchev–Trinajstić information content (AvgIpc) is 3.26. The van der Waals surface area contributed by atoms with Crippen LogP contribution in [0.2, 0.25) is 0 Å². The maximum absolute atomic E-state index is 4.72. The normalized spacial score (nSPS) is 16.5. The largest absolute Gasteiger partial charge is 0.297 e. The minimum Gasteiger partial charge on any atom is -0.297 e. The molecular formula is C18H22N6. The Morgan fingerprint density at radius 1 is 1.12 bits per heavy atom. The van der Waals surface area contributed by atoms with Gasteiger partial charge < -0.3 is 0 Å². The van der Waals surface area contributed by atoms with Gasteiger partial charge in [0, 0.05) is 31.3 Å². The molecule has 0 radical (unpaired) electrons. The monoisotopic (exact) mass is 322 g/mol. The van der Waals surface area contributed by atoms with Crippen molar-refractivity contribution in [3.8, 4) is 11.4 Å². The zero-order valence-electron chi connectivity index (χ0n) is 13.9. The SMILES string of the molecule is Cn1nccc1CN1CCC(c2nc(-c3ccccc3)n[nH]2)CC1. The average molecular weight is 322 g/mol. The molecule has 2 aromatic heterocycles. The fourth-order valence-electron chi connectivity index (χ4n) is 3.32. The molecule has 1 saturated heterocycles. The lowest BCUT2D eigenvalue weighted by Crippen LogP contribution is -2.33. The summed E-state index contributed by atoms with van der Waals surface area (Å²) in [6.45, 7) is 3.13. The van der Waals surface area contributed by atoms with Crippen molar-refractivity contribution in [2.75, 3.05) is 13.1 Å². The minimum absolute atomic E-state index is 0.470. The summed E-state index contributed by atoms with van der Waals surface area (Å²) < 4.78 is 1.95. The third-order valence-electron chi connectivity index (χ3n) is 4.82. The van der Waals surface area contributed by atoms with Gasteiger partial charge in [0.25, 0.3) is 0 Å². The first-order valence-corrected chi connectivity index (χ1v) is 8.46. The molecule has 0 atom stereocenters. The molecule has 1 aliphatic heterocycles. The van der Waals surface area contributed by atoms with Gasteiger partial charge in [0.2, 0.25) is 0 Å². The zero-order valence-corrected chi connectivity index (χ0v) is 13.9. The minimum atomic E-state index is 0.470. The van der Waals surface area contributed by atoms with Crippen molar-refractivity contribution in [1.82, 2.24) is 29.9 Å². The van der Waals surface area contributed by atoms with Crippen molar-refractivity contribution in [3.05, 3.63) is 54.1 Å². The molecule has 0 bridgehead atoms. The number of benzene rings is 1. The Hall–Kier alpha value is -2.47. The Morgan fingerprint density at radius 3 is 2.62 bits per heavy atom. The highest BCUT2D eigenvalue weighted by Gasteiger charge is 2.24. The molecule has 1 fully saturated rings. The zero-order chi connectivity index (χ0) is 16.4. The molecule has 6 nitrogen and oxygen atoms in total. The van der Waals surface area contributed by atoms with E-state index < -0.39 is 0 Å². The molecule has 1 aliphatic rings. The Labute approximate surface area is 141 Å². The molecule has 4 rings (SSSR count). The van der Waals surface area contributed by atoms with Gasteiger partial charge in [-0.15, -0.1) is 0 Å². The summed E-state index contributed by atoms with van der Waals surface area (Å²) in [7, 11) is 2.00. The van der Waals surface area contributed by atoms with Gasteiger partial charge in [-0.1, -0.05) is 30.3 Å². The van der Waals surface area contributed by atoms with E-state index in [-0.39, 0.29) is 0 Å². The van der Waals surface area contributed by atoms with Gasteiger partial charge in [0.1, 0.15) is 5.82 Å². The topological polar surface area (TPSA) is 62.6 Å². The predicted octanol–water partition coefficient (Wildman–Crippen LogP) is 2.58. The van der Waals surface area contributed by atoms with E-state index >= 15 is 0 Å². The smallest absolute Gasteiger partial charge is 0.181 e. The highest BCUT2D eigenvalue weighted by atomic mass is 15.3. The van der Waals surface area contributed by atoms with Gasteiger partial charge in [-0.2, -0.15) is 10.2 Å². The molecule has 0 aliphatic carbocycles. The van der Waals surface area contributed by atoms with Gasteiger partial charge >= 0.3 is 0 Å². The number of piperidine rings is 1. The van der Waals surface area contributed by atoms with E-state index in [0.29, 0.717) is 5.92 Å². The molecule has 0 saturated carbocycles. The first-order chi connectivity index (χ1) is 11.8. The fourth-order valence-corrected chi connectivity index (χ4v) is 3.32. The number of nitrogens with one attached hydrogen (secondary N) is 1. The van der Waals surface area contributed by atoms with E-state index in [1.165, 1.54) is 5.69 Å². The third kappa shape index (κ3) is 3.10. The molecule has 0 amide bonds. The first-order valence-electron chi connectivity index (χ1n) is 8.46. The molecule has 24 heavy (non-hydrogen) atoms. The highest BCUT2D eigenvalue weighted by Crippen LogP contribution is 2.27. The number of aromatic nitrogens is 5. The second-order valence-corrected chi connectivity index (χ2v) is 6.41. The van der Waals surface area contributed by atoms with E-state index in [1.807, 2.05) is 48.3 Å². The number of rotatable bonds is 4. The van der Waals surface area contributed by atoms with Crippen LogP contribution in [-0.4, -0.2) is 43.0 Å². The van der Waals surface area contributed by atoms with Crippen LogP contribution in [-0.2, 0) is 13.6 Å². The van der Waals surface area contributed by atoms with E-state index in [2.05, 4.69) is 26.3 Å². The van der Waals surface area contributed by atoms with Crippen LogP contribution in [0.15, 0.2) is 42.6 Å². The van der Waals surface area contributed by atoms with Gasteiger partial charge in [-0.25, -0.2) is 4.98 Å². The summed E-state index contributed by atoms with van der Waals surface area (Å²) in [5.74, 6) is 2.29. The molecule has 3 aromatic rings. The van der Waals surface area contributed by atoms with Crippen LogP contribution in [0.3, 0.4) is 0 Å². The second-order valence-electron chi connectivity index (χ2n) is 6.41. The number of nitrogens with zero attached hydrogens (tertiary/aromatic N) is 5. The molecule has 0 unspecified atom stereocenters. The van der Waals surface area contributed by atoms with Crippen molar-refractivity contribution in [3.63, 3.8) is 0 Å². The number of H-pyrrole nitrogens is 1. The Kier molecular flexibility index (Phi) is 4.13. The van der Waals surface area contributed by atoms with Crippen molar-refractivity contribution in [2.45, 2.75) is 25.3 Å². The van der Waals surface area contributed by atoms with E-state index in [9.17, 15) is 0 Å². The molecule has 3 heterocycles. The fraction of sp³-hybridized carbons (Fsp3) is 0.389. The summed E-state index contributed by atoms with van der Waals surface area (Å²) in [6, 6.07) is 12.2. The van der Waals surface area contributed by atoms with Gasteiger partial charge in [0.05, 0.1) is 5.69 Å². The number of aryl methyl sites for hydroxylation is 1. The molecular weight excluding hydrogens is 300 g/mol. The third-order valence-corrected chi connectivity index (χ3v) is 4.82. The number of hydrogen-bond acceptors (Lipinski definition) is 4. The summed E-state index contributed by atoms with van der Waals surface area (Å²) >= 11 is 0. The first kappa shape index (κ1) is 15.1. The molecule has 6 heteroatoms. The Morgan fingerprint density at radius 2 is 1.92 bits per heavy atom. The predicted molar refractivity (Wildman–Crippen MR) is 92.3 cm³/mol. The van der Waals surface area contributed by atoms with Crippen LogP contribution in [0.4, 0.5) is 0 Å². The maximum Gasteiger partial charge on any atom is 0.181 e. The standard InChI is InChI=1S/C18H22N6/c1-23-16(7-10-19-23)13-24-11-8-15(9-12-24)18-20-17(21-22-18)14-5-3-2-4-6-14/h2-7,10,15H,8-9,11-13H2,1H3,(H,20,21,22). The van der Waals surface area contributed by atoms with Crippen molar-refractivity contribution < 1.29 is 0 Å². The van der Waals surface area contributed by atoms with Crippen molar-refractivity contribution in [1.29, 1.82) is 0 Å². The number of aromatic amines is 1. The lowest BCUT2D eigenvalue weighted by molar-refractivity contribution is 0.197. The maximum atomic E-state index is 4.72. The molecule has 124 valence electrons. The summed E-state index contributed by atoms with van der Waals surface area (Å²) in [6.07, 6.45) is 4.09. The summed E-state index contributed by atoms with van der Waals surface area (Å²) in [4.78, 5) is 7.21. The van der Waals surface area contributed by atoms with E-state index in [4.69, 9.17) is 4.98 Å². The second kappa shape index (κ2) is 6.57. The van der Waals surface area contributed by atoms with Crippen LogP contribution in [0.1, 0.15) is 30.3 Å². The molecule has 1 N–H and O–H groups in total. The lowest BCUT2D eigenvalue weighted by Gasteiger charge is -2.30. The van der Waals surface area contributed by atoms with Crippen LogP contribution in [0, 0.1) is 0 Å². The summed E-state index contributed by atoms with van der Waals surface area (Å²) in [5.41, 5.74) is 2.33. The van der Waals surface area contributed by atoms with E-state index in [1.54, 1.807) is 0 Å². The lowest BCUT2D eigenvalue weighted by atomic mass is 9.96. The van der Waals surface area contributed by atoms with Crippen LogP contribution in [0.5, 0.6) is 0 Å². The van der Waals surface area contributed by atoms with Gasteiger partial charge in [-0.3, -0.25) is 14.7 Å². The van der Waals surface area contributed by atoms with Crippen LogP contribution < -0.4 is 0 Å². The Balaban J connectivity index is 1.38. The molecule has 1 aromatic carbocycles. The van der Waals surface area contributed by atoms with Gasteiger partial charge in [-0.05, 0) is 32.0 Å². The van der Waals surface area contributed by atoms with Crippen LogP contribution in [0.25, 0.3) is 11.4 Å². The van der Waals surface area contributed by atoms with E-state index in [0.717, 1.165) is 49.7 Å². The van der Waals surface area contributed by atoms with Crippen molar-refractivity contribution in [2.24, 2.45) is 7.05 Å².